The fourth-order valence-electron chi connectivity index (χ4n) is 1.47. The van der Waals surface area contributed by atoms with Crippen LogP contribution in [0.25, 0.3) is 0 Å². The number of ether oxygens (including phenoxy) is 1. The molecule has 0 radical (unpaired) electrons. The molecule has 0 amide bonds. The molecule has 0 atom stereocenters. The van der Waals surface area contributed by atoms with Crippen molar-refractivity contribution in [2.45, 2.75) is 39.3 Å². The molecule has 0 saturated heterocycles. The lowest BCUT2D eigenvalue weighted by Crippen LogP contribution is -2.31. The van der Waals surface area contributed by atoms with Gasteiger partial charge in [0.15, 0.2) is 0 Å². The summed E-state index contributed by atoms with van der Waals surface area (Å²) in [5.41, 5.74) is 0.335. The number of nitrogens with one attached hydrogen (secondary N) is 1. The zero-order valence-corrected chi connectivity index (χ0v) is 11.4. The Morgan fingerprint density at radius 3 is 2.32 bits per heavy atom. The average Bonchev–Trinajstić information content (AvgIpc) is 2.27. The predicted octanol–water partition coefficient (Wildman–Crippen LogP) is 3.06. The Hall–Kier alpha value is -1.49. The second kappa shape index (κ2) is 6.61. The minimum atomic E-state index is -2.45. The second-order valence-corrected chi connectivity index (χ2v) is 5.23. The number of hydrogen-bond acceptors (Lipinski definition) is 3. The Morgan fingerprint density at radius 2 is 1.84 bits per heavy atom. The third-order valence-corrected chi connectivity index (χ3v) is 2.25. The number of alkyl halides is 2. The van der Waals surface area contributed by atoms with E-state index in [1.54, 1.807) is 32.9 Å². The van der Waals surface area contributed by atoms with Crippen LogP contribution in [0, 0.1) is 0 Å². The highest BCUT2D eigenvalue weighted by molar-refractivity contribution is 5.72. The Labute approximate surface area is 112 Å². The number of esters is 1. The third-order valence-electron chi connectivity index (χ3n) is 2.25. The van der Waals surface area contributed by atoms with Gasteiger partial charge in [0.1, 0.15) is 5.60 Å². The molecule has 1 rings (SSSR count). The Morgan fingerprint density at radius 1 is 1.26 bits per heavy atom. The van der Waals surface area contributed by atoms with E-state index in [9.17, 15) is 13.6 Å². The van der Waals surface area contributed by atoms with Crippen LogP contribution in [0.4, 0.5) is 8.78 Å². The summed E-state index contributed by atoms with van der Waals surface area (Å²) in [4.78, 5) is 11.4. The van der Waals surface area contributed by atoms with Gasteiger partial charge in [-0.2, -0.15) is 0 Å². The van der Waals surface area contributed by atoms with Crippen molar-refractivity contribution in [3.63, 3.8) is 0 Å². The van der Waals surface area contributed by atoms with Crippen LogP contribution in [-0.2, 0) is 16.1 Å². The Kier molecular flexibility index (Phi) is 5.42. The smallest absolute Gasteiger partial charge is 0.320 e. The number of carbonyl (C=O) groups is 1. The maximum atomic E-state index is 12.3. The quantitative estimate of drug-likeness (QED) is 0.836. The van der Waals surface area contributed by atoms with Gasteiger partial charge in [0.05, 0.1) is 6.54 Å². The largest absolute Gasteiger partial charge is 0.459 e. The molecule has 106 valence electrons. The number of benzene rings is 1. The number of hydrogen-bond donors (Lipinski definition) is 1. The molecule has 0 fully saturated rings. The average molecular weight is 271 g/mol. The molecule has 0 heterocycles. The molecule has 0 aliphatic rings. The predicted molar refractivity (Wildman–Crippen MR) is 69.0 cm³/mol. The zero-order chi connectivity index (χ0) is 14.5. The van der Waals surface area contributed by atoms with Crippen LogP contribution in [-0.4, -0.2) is 18.1 Å². The van der Waals surface area contributed by atoms with Crippen LogP contribution in [0.1, 0.15) is 38.3 Å². The van der Waals surface area contributed by atoms with Gasteiger partial charge in [-0.3, -0.25) is 4.79 Å². The third kappa shape index (κ3) is 6.29. The summed E-state index contributed by atoms with van der Waals surface area (Å²) in [7, 11) is 0. The van der Waals surface area contributed by atoms with Gasteiger partial charge in [-0.25, -0.2) is 8.78 Å². The first-order valence-corrected chi connectivity index (χ1v) is 6.07. The molecule has 19 heavy (non-hydrogen) atoms. The molecular formula is C14H19F2NO2. The summed E-state index contributed by atoms with van der Waals surface area (Å²) in [6.45, 7) is 5.92. The van der Waals surface area contributed by atoms with Crippen LogP contribution in [0.15, 0.2) is 24.3 Å². The van der Waals surface area contributed by atoms with E-state index in [2.05, 4.69) is 5.32 Å². The maximum Gasteiger partial charge on any atom is 0.320 e. The van der Waals surface area contributed by atoms with Gasteiger partial charge in [0.2, 0.25) is 0 Å². The summed E-state index contributed by atoms with van der Waals surface area (Å²) < 4.78 is 29.8. The lowest BCUT2D eigenvalue weighted by atomic mass is 10.1. The van der Waals surface area contributed by atoms with E-state index in [4.69, 9.17) is 4.74 Å². The second-order valence-electron chi connectivity index (χ2n) is 5.23. The van der Waals surface area contributed by atoms with Crippen LogP contribution in [0.3, 0.4) is 0 Å². The van der Waals surface area contributed by atoms with E-state index < -0.39 is 12.0 Å². The van der Waals surface area contributed by atoms with Gasteiger partial charge in [-0.05, 0) is 26.3 Å². The molecule has 1 N–H and O–H groups in total. The number of rotatable bonds is 5. The minimum Gasteiger partial charge on any atom is -0.459 e. The van der Waals surface area contributed by atoms with E-state index >= 15 is 0 Å². The molecule has 0 unspecified atom stereocenters. The van der Waals surface area contributed by atoms with Gasteiger partial charge >= 0.3 is 5.97 Å². The van der Waals surface area contributed by atoms with Gasteiger partial charge in [-0.15, -0.1) is 0 Å². The van der Waals surface area contributed by atoms with Crippen molar-refractivity contribution in [2.24, 2.45) is 0 Å². The lowest BCUT2D eigenvalue weighted by Gasteiger charge is -2.19. The summed E-state index contributed by atoms with van der Waals surface area (Å²) in [6.07, 6.45) is -2.45. The lowest BCUT2D eigenvalue weighted by molar-refractivity contribution is -0.153. The van der Waals surface area contributed by atoms with Gasteiger partial charge in [-0.1, -0.05) is 24.3 Å². The molecule has 0 aliphatic carbocycles. The van der Waals surface area contributed by atoms with Crippen molar-refractivity contribution in [1.82, 2.24) is 5.32 Å². The molecule has 1 aromatic carbocycles. The molecular weight excluding hydrogens is 252 g/mol. The van der Waals surface area contributed by atoms with Crippen molar-refractivity contribution in [2.75, 3.05) is 6.54 Å². The van der Waals surface area contributed by atoms with E-state index in [0.29, 0.717) is 6.54 Å². The SMILES string of the molecule is CC(C)(C)OC(=O)CNCc1ccc(C(F)F)cc1. The van der Waals surface area contributed by atoms with Crippen LogP contribution >= 0.6 is 0 Å². The number of carbonyl (C=O) groups excluding carboxylic acids is 1. The van der Waals surface area contributed by atoms with Crippen molar-refractivity contribution >= 4 is 5.97 Å². The van der Waals surface area contributed by atoms with E-state index in [-0.39, 0.29) is 18.1 Å². The molecule has 3 nitrogen and oxygen atoms in total. The van der Waals surface area contributed by atoms with Crippen molar-refractivity contribution in [3.8, 4) is 0 Å². The van der Waals surface area contributed by atoms with Crippen LogP contribution in [0.2, 0.25) is 0 Å². The summed E-state index contributed by atoms with van der Waals surface area (Å²) in [5, 5.41) is 2.91. The molecule has 0 aliphatic heterocycles. The first kappa shape index (κ1) is 15.6. The number of halogens is 2. The maximum absolute atomic E-state index is 12.3. The van der Waals surface area contributed by atoms with Gasteiger partial charge in [0, 0.05) is 12.1 Å². The fourth-order valence-corrected chi connectivity index (χ4v) is 1.47. The standard InChI is InChI=1S/C14H19F2NO2/c1-14(2,3)19-12(18)9-17-8-10-4-6-11(7-5-10)13(15)16/h4-7,13,17H,8-9H2,1-3H3. The van der Waals surface area contributed by atoms with Crippen molar-refractivity contribution < 1.29 is 18.3 Å². The fraction of sp³-hybridized carbons (Fsp3) is 0.500. The summed E-state index contributed by atoms with van der Waals surface area (Å²) >= 11 is 0. The van der Waals surface area contributed by atoms with Crippen molar-refractivity contribution in [3.05, 3.63) is 35.4 Å². The van der Waals surface area contributed by atoms with E-state index in [1.807, 2.05) is 0 Å². The Bertz CT molecular complexity index is 410. The highest BCUT2D eigenvalue weighted by atomic mass is 19.3. The Balaban J connectivity index is 2.35. The minimum absolute atomic E-state index is 0.00380. The highest BCUT2D eigenvalue weighted by Gasteiger charge is 2.15. The first-order valence-electron chi connectivity index (χ1n) is 6.07. The highest BCUT2D eigenvalue weighted by Crippen LogP contribution is 2.18. The van der Waals surface area contributed by atoms with Crippen LogP contribution in [0.5, 0.6) is 0 Å². The molecule has 0 bridgehead atoms. The molecule has 0 saturated carbocycles. The molecule has 0 spiro atoms. The van der Waals surface area contributed by atoms with E-state index in [0.717, 1.165) is 5.56 Å². The zero-order valence-electron chi connectivity index (χ0n) is 11.4. The van der Waals surface area contributed by atoms with Gasteiger partial charge in [0.25, 0.3) is 6.43 Å². The van der Waals surface area contributed by atoms with Gasteiger partial charge < -0.3 is 10.1 Å². The molecule has 0 aromatic heterocycles. The summed E-state index contributed by atoms with van der Waals surface area (Å²) in [6, 6.07) is 6.00. The van der Waals surface area contributed by atoms with Crippen molar-refractivity contribution in [1.29, 1.82) is 0 Å². The molecule has 5 heteroatoms. The molecule has 1 aromatic rings. The van der Waals surface area contributed by atoms with E-state index in [1.165, 1.54) is 12.1 Å². The monoisotopic (exact) mass is 271 g/mol. The van der Waals surface area contributed by atoms with Crippen LogP contribution < -0.4 is 5.32 Å². The topological polar surface area (TPSA) is 38.3 Å². The normalized spacial score (nSPS) is 11.7. The summed E-state index contributed by atoms with van der Waals surface area (Å²) in [5.74, 6) is -0.336. The first-order chi connectivity index (χ1) is 8.78.